The SMILES string of the molecule is CC1=CC=C(c2ccc(C)cc2)C=CC1(C)Cl. The number of allylic oxidation sites excluding steroid dienone is 6. The summed E-state index contributed by atoms with van der Waals surface area (Å²) in [6.45, 7) is 6.18. The van der Waals surface area contributed by atoms with Crippen molar-refractivity contribution in [1.82, 2.24) is 0 Å². The van der Waals surface area contributed by atoms with Gasteiger partial charge in [0, 0.05) is 0 Å². The number of halogens is 1. The highest BCUT2D eigenvalue weighted by atomic mass is 35.5. The molecule has 0 spiro atoms. The van der Waals surface area contributed by atoms with E-state index >= 15 is 0 Å². The fourth-order valence-corrected chi connectivity index (χ4v) is 1.88. The minimum Gasteiger partial charge on any atom is -0.110 e. The zero-order valence-electron chi connectivity index (χ0n) is 10.5. The van der Waals surface area contributed by atoms with Crippen LogP contribution >= 0.6 is 11.6 Å². The second-order valence-corrected chi connectivity index (χ2v) is 5.53. The molecule has 1 aromatic rings. The van der Waals surface area contributed by atoms with Gasteiger partial charge in [0.25, 0.3) is 0 Å². The van der Waals surface area contributed by atoms with E-state index in [9.17, 15) is 0 Å². The third-order valence-electron chi connectivity index (χ3n) is 3.24. The van der Waals surface area contributed by atoms with Crippen LogP contribution in [0.4, 0.5) is 0 Å². The predicted octanol–water partition coefficient (Wildman–Crippen LogP) is 4.89. The van der Waals surface area contributed by atoms with E-state index < -0.39 is 0 Å². The summed E-state index contributed by atoms with van der Waals surface area (Å²) >= 11 is 6.42. The molecule has 0 amide bonds. The standard InChI is InChI=1S/C16H17Cl/c1-12-4-7-14(8-5-12)15-9-6-13(2)16(3,17)11-10-15/h4-11H,1-3H3. The Balaban J connectivity index is 2.39. The summed E-state index contributed by atoms with van der Waals surface area (Å²) in [6.07, 6.45) is 8.38. The lowest BCUT2D eigenvalue weighted by molar-refractivity contribution is 0.912. The van der Waals surface area contributed by atoms with Crippen LogP contribution in [0.5, 0.6) is 0 Å². The molecule has 2 rings (SSSR count). The van der Waals surface area contributed by atoms with Crippen molar-refractivity contribution in [3.63, 3.8) is 0 Å². The summed E-state index contributed by atoms with van der Waals surface area (Å²) in [6, 6.07) is 8.55. The largest absolute Gasteiger partial charge is 0.110 e. The Hall–Kier alpha value is -1.27. The summed E-state index contributed by atoms with van der Waals surface area (Å²) in [4.78, 5) is -0.372. The maximum absolute atomic E-state index is 6.42. The Morgan fingerprint density at radius 1 is 1.00 bits per heavy atom. The van der Waals surface area contributed by atoms with Gasteiger partial charge in [-0.15, -0.1) is 11.6 Å². The normalized spacial score (nSPS) is 24.0. The monoisotopic (exact) mass is 244 g/mol. The average molecular weight is 245 g/mol. The van der Waals surface area contributed by atoms with Gasteiger partial charge in [-0.3, -0.25) is 0 Å². The van der Waals surface area contributed by atoms with Gasteiger partial charge in [-0.2, -0.15) is 0 Å². The smallest absolute Gasteiger partial charge is 0.0810 e. The number of hydrogen-bond acceptors (Lipinski definition) is 0. The van der Waals surface area contributed by atoms with Crippen LogP contribution in [0.2, 0.25) is 0 Å². The van der Waals surface area contributed by atoms with E-state index in [0.717, 1.165) is 5.57 Å². The Kier molecular flexibility index (Phi) is 3.26. The van der Waals surface area contributed by atoms with Gasteiger partial charge in [0.05, 0.1) is 4.87 Å². The van der Waals surface area contributed by atoms with Crippen molar-refractivity contribution in [3.8, 4) is 0 Å². The summed E-state index contributed by atoms with van der Waals surface area (Å²) in [5.41, 5.74) is 4.87. The second kappa shape index (κ2) is 4.54. The average Bonchev–Trinajstić information content (AvgIpc) is 2.42. The van der Waals surface area contributed by atoms with Crippen LogP contribution in [0.3, 0.4) is 0 Å². The molecule has 0 saturated heterocycles. The van der Waals surface area contributed by atoms with Crippen molar-refractivity contribution in [1.29, 1.82) is 0 Å². The highest BCUT2D eigenvalue weighted by Gasteiger charge is 2.20. The van der Waals surface area contributed by atoms with E-state index in [1.54, 1.807) is 0 Å². The van der Waals surface area contributed by atoms with Crippen molar-refractivity contribution < 1.29 is 0 Å². The molecule has 0 aliphatic heterocycles. The van der Waals surface area contributed by atoms with Crippen LogP contribution in [0, 0.1) is 6.92 Å². The van der Waals surface area contributed by atoms with Gasteiger partial charge in [0.15, 0.2) is 0 Å². The van der Waals surface area contributed by atoms with Crippen LogP contribution in [0.15, 0.2) is 54.1 Å². The summed E-state index contributed by atoms with van der Waals surface area (Å²) in [7, 11) is 0. The molecule has 1 unspecified atom stereocenters. The zero-order valence-corrected chi connectivity index (χ0v) is 11.3. The molecule has 1 aromatic carbocycles. The second-order valence-electron chi connectivity index (χ2n) is 4.75. The third kappa shape index (κ3) is 2.70. The Labute approximate surface area is 108 Å². The van der Waals surface area contributed by atoms with Crippen molar-refractivity contribution >= 4 is 17.2 Å². The van der Waals surface area contributed by atoms with Crippen LogP contribution in [0.1, 0.15) is 25.0 Å². The molecular formula is C16H17Cl. The lowest BCUT2D eigenvalue weighted by Crippen LogP contribution is -2.13. The van der Waals surface area contributed by atoms with Gasteiger partial charge in [-0.05, 0) is 37.5 Å². The van der Waals surface area contributed by atoms with Crippen molar-refractivity contribution in [2.45, 2.75) is 25.6 Å². The van der Waals surface area contributed by atoms with E-state index in [1.165, 1.54) is 16.7 Å². The molecule has 88 valence electrons. The van der Waals surface area contributed by atoms with Crippen LogP contribution in [0.25, 0.3) is 5.57 Å². The fourth-order valence-electron chi connectivity index (χ4n) is 1.75. The number of hydrogen-bond donors (Lipinski definition) is 0. The van der Waals surface area contributed by atoms with Gasteiger partial charge in [-0.1, -0.05) is 54.1 Å². The Morgan fingerprint density at radius 2 is 1.65 bits per heavy atom. The molecule has 17 heavy (non-hydrogen) atoms. The van der Waals surface area contributed by atoms with Crippen LogP contribution in [-0.4, -0.2) is 4.87 Å². The van der Waals surface area contributed by atoms with E-state index in [-0.39, 0.29) is 4.87 Å². The maximum Gasteiger partial charge on any atom is 0.0810 e. The Bertz CT molecular complexity index is 499. The number of benzene rings is 1. The first-order valence-corrected chi connectivity index (χ1v) is 6.21. The molecular weight excluding hydrogens is 228 g/mol. The predicted molar refractivity (Wildman–Crippen MR) is 76.3 cm³/mol. The molecule has 1 aliphatic rings. The van der Waals surface area contributed by atoms with Gasteiger partial charge in [0.2, 0.25) is 0 Å². The summed E-state index contributed by atoms with van der Waals surface area (Å²) < 4.78 is 0. The minimum atomic E-state index is -0.372. The third-order valence-corrected chi connectivity index (χ3v) is 3.67. The van der Waals surface area contributed by atoms with Gasteiger partial charge in [-0.25, -0.2) is 0 Å². The van der Waals surface area contributed by atoms with E-state index in [2.05, 4.69) is 62.4 Å². The molecule has 0 nitrogen and oxygen atoms in total. The number of alkyl halides is 1. The molecule has 0 bridgehead atoms. The fraction of sp³-hybridized carbons (Fsp3) is 0.250. The number of rotatable bonds is 1. The summed E-state index contributed by atoms with van der Waals surface area (Å²) in [5, 5.41) is 0. The molecule has 0 saturated carbocycles. The van der Waals surface area contributed by atoms with Gasteiger partial charge >= 0.3 is 0 Å². The molecule has 1 aliphatic carbocycles. The molecule has 1 heteroatoms. The highest BCUT2D eigenvalue weighted by Crippen LogP contribution is 2.31. The molecule has 1 atom stereocenters. The van der Waals surface area contributed by atoms with Crippen molar-refractivity contribution in [3.05, 3.63) is 65.3 Å². The quantitative estimate of drug-likeness (QED) is 0.617. The first-order valence-electron chi connectivity index (χ1n) is 5.83. The number of aryl methyl sites for hydroxylation is 1. The van der Waals surface area contributed by atoms with E-state index in [4.69, 9.17) is 11.6 Å². The maximum atomic E-state index is 6.42. The summed E-state index contributed by atoms with van der Waals surface area (Å²) in [5.74, 6) is 0. The van der Waals surface area contributed by atoms with Gasteiger partial charge in [0.1, 0.15) is 0 Å². The lowest BCUT2D eigenvalue weighted by Gasteiger charge is -2.16. The first kappa shape index (κ1) is 12.2. The van der Waals surface area contributed by atoms with Gasteiger partial charge < -0.3 is 0 Å². The minimum absolute atomic E-state index is 0.372. The van der Waals surface area contributed by atoms with Crippen molar-refractivity contribution in [2.24, 2.45) is 0 Å². The molecule has 0 N–H and O–H groups in total. The Morgan fingerprint density at radius 3 is 2.29 bits per heavy atom. The molecule has 0 aromatic heterocycles. The first-order chi connectivity index (χ1) is 7.99. The highest BCUT2D eigenvalue weighted by molar-refractivity contribution is 6.27. The van der Waals surface area contributed by atoms with E-state index in [0.29, 0.717) is 0 Å². The molecule has 0 fully saturated rings. The van der Waals surface area contributed by atoms with Crippen LogP contribution in [-0.2, 0) is 0 Å². The van der Waals surface area contributed by atoms with E-state index in [1.807, 2.05) is 6.92 Å². The van der Waals surface area contributed by atoms with Crippen molar-refractivity contribution in [2.75, 3.05) is 0 Å². The molecule has 0 radical (unpaired) electrons. The molecule has 0 heterocycles. The van der Waals surface area contributed by atoms with Crippen LogP contribution < -0.4 is 0 Å². The topological polar surface area (TPSA) is 0 Å². The lowest BCUT2D eigenvalue weighted by atomic mass is 10.0. The zero-order chi connectivity index (χ0) is 12.5.